The van der Waals surface area contributed by atoms with Crippen molar-refractivity contribution in [2.75, 3.05) is 0 Å². The molecule has 0 spiro atoms. The zero-order chi connectivity index (χ0) is 11.4. The first-order valence-electron chi connectivity index (χ1n) is 5.68. The number of phenols is 1. The number of hydrogen-bond donors (Lipinski definition) is 1. The maximum Gasteiger partial charge on any atom is 0.123 e. The summed E-state index contributed by atoms with van der Waals surface area (Å²) in [6.45, 7) is 2.16. The monoisotopic (exact) mass is 212 g/mol. The van der Waals surface area contributed by atoms with E-state index >= 15 is 0 Å². The van der Waals surface area contributed by atoms with Crippen molar-refractivity contribution >= 4 is 0 Å². The molecule has 1 nitrogen and oxygen atoms in total. The molecule has 0 heterocycles. The lowest BCUT2D eigenvalue weighted by Crippen LogP contribution is -1.85. The Bertz CT molecular complexity index is 460. The zero-order valence-electron chi connectivity index (χ0n) is 9.48. The van der Waals surface area contributed by atoms with Crippen LogP contribution in [-0.2, 0) is 6.42 Å². The second kappa shape index (κ2) is 4.84. The van der Waals surface area contributed by atoms with Gasteiger partial charge in [-0.3, -0.25) is 0 Å². The molecule has 2 aromatic carbocycles. The van der Waals surface area contributed by atoms with Crippen LogP contribution >= 0.6 is 0 Å². The van der Waals surface area contributed by atoms with Crippen LogP contribution < -0.4 is 0 Å². The second-order valence-corrected chi connectivity index (χ2v) is 3.97. The molecule has 0 aliphatic heterocycles. The van der Waals surface area contributed by atoms with Gasteiger partial charge in [-0.15, -0.1) is 0 Å². The Morgan fingerprint density at radius 2 is 1.75 bits per heavy atom. The Hall–Kier alpha value is -1.76. The second-order valence-electron chi connectivity index (χ2n) is 3.97. The van der Waals surface area contributed by atoms with Crippen molar-refractivity contribution in [3.63, 3.8) is 0 Å². The van der Waals surface area contributed by atoms with Gasteiger partial charge in [-0.2, -0.15) is 0 Å². The van der Waals surface area contributed by atoms with E-state index in [1.54, 1.807) is 6.07 Å². The van der Waals surface area contributed by atoms with Gasteiger partial charge in [-0.25, -0.2) is 0 Å². The molecule has 2 rings (SSSR count). The Kier molecular flexibility index (Phi) is 3.25. The van der Waals surface area contributed by atoms with E-state index < -0.39 is 0 Å². The fourth-order valence-electron chi connectivity index (χ4n) is 1.88. The molecule has 0 aliphatic rings. The summed E-state index contributed by atoms with van der Waals surface area (Å²) in [4.78, 5) is 0. The largest absolute Gasteiger partial charge is 0.507 e. The molecular formula is C15H16O. The summed E-state index contributed by atoms with van der Waals surface area (Å²) in [6.07, 6.45) is 2.18. The van der Waals surface area contributed by atoms with Gasteiger partial charge in [0.25, 0.3) is 0 Å². The molecule has 0 amide bonds. The van der Waals surface area contributed by atoms with E-state index in [1.165, 1.54) is 5.56 Å². The Morgan fingerprint density at radius 3 is 2.44 bits per heavy atom. The third kappa shape index (κ3) is 2.25. The van der Waals surface area contributed by atoms with Crippen molar-refractivity contribution in [3.8, 4) is 16.9 Å². The first kappa shape index (κ1) is 10.7. The summed E-state index contributed by atoms with van der Waals surface area (Å²) in [7, 11) is 0. The maximum absolute atomic E-state index is 9.86. The number of benzene rings is 2. The van der Waals surface area contributed by atoms with Crippen molar-refractivity contribution in [1.29, 1.82) is 0 Å². The smallest absolute Gasteiger partial charge is 0.123 e. The van der Waals surface area contributed by atoms with Gasteiger partial charge in [0.1, 0.15) is 5.75 Å². The molecule has 1 N–H and O–H groups in total. The molecule has 0 bridgehead atoms. The van der Waals surface area contributed by atoms with E-state index in [-0.39, 0.29) is 0 Å². The lowest BCUT2D eigenvalue weighted by Gasteiger charge is -2.07. The SMILES string of the molecule is CCCc1ccc(O)c(-c2ccccc2)c1. The van der Waals surface area contributed by atoms with Crippen LogP contribution in [0.5, 0.6) is 5.75 Å². The molecule has 0 aliphatic carbocycles. The molecule has 0 unspecified atom stereocenters. The Labute approximate surface area is 96.4 Å². The highest BCUT2D eigenvalue weighted by atomic mass is 16.3. The summed E-state index contributed by atoms with van der Waals surface area (Å²) in [6, 6.07) is 15.8. The van der Waals surface area contributed by atoms with E-state index in [1.807, 2.05) is 36.4 Å². The van der Waals surface area contributed by atoms with Crippen LogP contribution in [0.15, 0.2) is 48.5 Å². The molecule has 0 saturated heterocycles. The predicted molar refractivity (Wildman–Crippen MR) is 67.5 cm³/mol. The van der Waals surface area contributed by atoms with E-state index in [0.717, 1.165) is 24.0 Å². The van der Waals surface area contributed by atoms with Crippen molar-refractivity contribution in [2.24, 2.45) is 0 Å². The third-order valence-electron chi connectivity index (χ3n) is 2.68. The molecule has 0 atom stereocenters. The van der Waals surface area contributed by atoms with Crippen LogP contribution in [-0.4, -0.2) is 5.11 Å². The molecule has 82 valence electrons. The van der Waals surface area contributed by atoms with Crippen molar-refractivity contribution in [1.82, 2.24) is 0 Å². The molecular weight excluding hydrogens is 196 g/mol. The fraction of sp³-hybridized carbons (Fsp3) is 0.200. The van der Waals surface area contributed by atoms with Gasteiger partial charge in [-0.1, -0.05) is 49.7 Å². The van der Waals surface area contributed by atoms with Crippen LogP contribution in [0.4, 0.5) is 0 Å². The fourth-order valence-corrected chi connectivity index (χ4v) is 1.88. The van der Waals surface area contributed by atoms with Gasteiger partial charge < -0.3 is 5.11 Å². The molecule has 16 heavy (non-hydrogen) atoms. The predicted octanol–water partition coefficient (Wildman–Crippen LogP) is 4.01. The van der Waals surface area contributed by atoms with Crippen LogP contribution in [0.3, 0.4) is 0 Å². The van der Waals surface area contributed by atoms with E-state index in [2.05, 4.69) is 13.0 Å². The summed E-state index contributed by atoms with van der Waals surface area (Å²) < 4.78 is 0. The molecule has 0 saturated carbocycles. The van der Waals surface area contributed by atoms with E-state index in [9.17, 15) is 5.11 Å². The minimum Gasteiger partial charge on any atom is -0.507 e. The Morgan fingerprint density at radius 1 is 1.00 bits per heavy atom. The normalized spacial score (nSPS) is 10.3. The van der Waals surface area contributed by atoms with Gasteiger partial charge in [0.2, 0.25) is 0 Å². The number of phenolic OH excluding ortho intramolecular Hbond substituents is 1. The highest BCUT2D eigenvalue weighted by Crippen LogP contribution is 2.30. The molecule has 1 heteroatoms. The lowest BCUT2D eigenvalue weighted by molar-refractivity contribution is 0.477. The van der Waals surface area contributed by atoms with Crippen LogP contribution in [0.1, 0.15) is 18.9 Å². The highest BCUT2D eigenvalue weighted by molar-refractivity contribution is 5.70. The zero-order valence-corrected chi connectivity index (χ0v) is 9.48. The number of rotatable bonds is 3. The minimum absolute atomic E-state index is 0.353. The summed E-state index contributed by atoms with van der Waals surface area (Å²) in [5.74, 6) is 0.353. The van der Waals surface area contributed by atoms with Crippen LogP contribution in [0.2, 0.25) is 0 Å². The van der Waals surface area contributed by atoms with Crippen molar-refractivity contribution in [3.05, 3.63) is 54.1 Å². The standard InChI is InChI=1S/C15H16O/c1-2-6-12-9-10-15(16)14(11-12)13-7-4-3-5-8-13/h3-5,7-11,16H,2,6H2,1H3. The molecule has 0 aromatic heterocycles. The third-order valence-corrected chi connectivity index (χ3v) is 2.68. The summed E-state index contributed by atoms with van der Waals surface area (Å²) in [5, 5.41) is 9.86. The summed E-state index contributed by atoms with van der Waals surface area (Å²) in [5.41, 5.74) is 3.27. The van der Waals surface area contributed by atoms with Gasteiger partial charge in [0.05, 0.1) is 0 Å². The number of hydrogen-bond acceptors (Lipinski definition) is 1. The van der Waals surface area contributed by atoms with Gasteiger partial charge >= 0.3 is 0 Å². The molecule has 0 radical (unpaired) electrons. The molecule has 0 fully saturated rings. The average molecular weight is 212 g/mol. The minimum atomic E-state index is 0.353. The van der Waals surface area contributed by atoms with E-state index in [0.29, 0.717) is 5.75 Å². The summed E-state index contributed by atoms with van der Waals surface area (Å²) >= 11 is 0. The quantitative estimate of drug-likeness (QED) is 0.815. The van der Waals surface area contributed by atoms with E-state index in [4.69, 9.17) is 0 Å². The maximum atomic E-state index is 9.86. The topological polar surface area (TPSA) is 20.2 Å². The number of aromatic hydroxyl groups is 1. The number of aryl methyl sites for hydroxylation is 1. The highest BCUT2D eigenvalue weighted by Gasteiger charge is 2.04. The van der Waals surface area contributed by atoms with Crippen molar-refractivity contribution < 1.29 is 5.11 Å². The first-order valence-corrected chi connectivity index (χ1v) is 5.68. The van der Waals surface area contributed by atoms with Gasteiger partial charge in [0.15, 0.2) is 0 Å². The molecule has 2 aromatic rings. The average Bonchev–Trinajstić information content (AvgIpc) is 2.33. The first-order chi connectivity index (χ1) is 7.81. The Balaban J connectivity index is 2.43. The van der Waals surface area contributed by atoms with Gasteiger partial charge in [0, 0.05) is 5.56 Å². The van der Waals surface area contributed by atoms with Crippen molar-refractivity contribution in [2.45, 2.75) is 19.8 Å². The van der Waals surface area contributed by atoms with Gasteiger partial charge in [-0.05, 0) is 29.7 Å². The lowest BCUT2D eigenvalue weighted by atomic mass is 10.0. The van der Waals surface area contributed by atoms with Crippen LogP contribution in [0.25, 0.3) is 11.1 Å². The van der Waals surface area contributed by atoms with Crippen LogP contribution in [0, 0.1) is 0 Å².